The van der Waals surface area contributed by atoms with E-state index in [1.54, 1.807) is 26.2 Å². The number of nitrogens with zero attached hydrogens (tertiary/aromatic N) is 2. The van der Waals surface area contributed by atoms with E-state index in [0.717, 1.165) is 51.1 Å². The number of hydrogen-bond acceptors (Lipinski definition) is 6. The summed E-state index contributed by atoms with van der Waals surface area (Å²) < 4.78 is 11.1. The molecule has 3 aromatic carbocycles. The number of benzene rings is 3. The lowest BCUT2D eigenvalue weighted by molar-refractivity contribution is -0.118. The molecule has 1 aliphatic carbocycles. The van der Waals surface area contributed by atoms with Gasteiger partial charge in [-0.05, 0) is 60.0 Å². The third kappa shape index (κ3) is 2.94. The van der Waals surface area contributed by atoms with E-state index in [9.17, 15) is 9.59 Å². The summed E-state index contributed by atoms with van der Waals surface area (Å²) in [4.78, 5) is 27.1. The highest BCUT2D eigenvalue weighted by Gasteiger charge is 2.65. The number of amides is 2. The average Bonchev–Trinajstić information content (AvgIpc) is 3.33. The maximum Gasteiger partial charge on any atom is 0.254 e. The fourth-order valence-electron chi connectivity index (χ4n) is 6.01. The molecule has 1 aromatic heterocycles. The maximum atomic E-state index is 13.0. The normalized spacial score (nSPS) is 21.3. The summed E-state index contributed by atoms with van der Waals surface area (Å²) in [7, 11) is 5.02. The lowest BCUT2D eigenvalue weighted by atomic mass is 9.91. The molecule has 0 radical (unpaired) electrons. The largest absolute Gasteiger partial charge is 0.497 e. The molecule has 2 aliphatic heterocycles. The van der Waals surface area contributed by atoms with Crippen molar-refractivity contribution in [2.24, 2.45) is 0 Å². The van der Waals surface area contributed by atoms with Gasteiger partial charge in [0.05, 0.1) is 37.4 Å². The van der Waals surface area contributed by atoms with E-state index in [0.29, 0.717) is 23.7 Å². The van der Waals surface area contributed by atoms with Gasteiger partial charge < -0.3 is 25.0 Å². The van der Waals surface area contributed by atoms with Crippen molar-refractivity contribution in [3.63, 3.8) is 0 Å². The van der Waals surface area contributed by atoms with E-state index < -0.39 is 5.41 Å². The maximum absolute atomic E-state index is 13.0. The smallest absolute Gasteiger partial charge is 0.254 e. The van der Waals surface area contributed by atoms with Crippen molar-refractivity contribution < 1.29 is 19.1 Å². The molecule has 0 saturated heterocycles. The van der Waals surface area contributed by atoms with Gasteiger partial charge in [-0.2, -0.15) is 5.10 Å². The van der Waals surface area contributed by atoms with Crippen molar-refractivity contribution in [2.45, 2.75) is 24.3 Å². The first-order valence-corrected chi connectivity index (χ1v) is 12.1. The SMILES string of the molecule is COc1ccc2c(c1)[C@]1(C[C@H]1c1ccc3c(Nc4ccc5c(c4OC)CN(C)C5=O)n[nH]c3c1)C(=O)N2. The number of ether oxygens (including phenoxy) is 2. The van der Waals surface area contributed by atoms with E-state index in [-0.39, 0.29) is 17.7 Å². The van der Waals surface area contributed by atoms with Crippen LogP contribution in [0.4, 0.5) is 17.2 Å². The zero-order chi connectivity index (χ0) is 25.5. The summed E-state index contributed by atoms with van der Waals surface area (Å²) in [5.74, 6) is 2.17. The Labute approximate surface area is 212 Å². The van der Waals surface area contributed by atoms with Crippen molar-refractivity contribution in [1.29, 1.82) is 0 Å². The van der Waals surface area contributed by atoms with Gasteiger partial charge in [-0.3, -0.25) is 14.7 Å². The van der Waals surface area contributed by atoms with Crippen LogP contribution in [0.3, 0.4) is 0 Å². The van der Waals surface area contributed by atoms with Crippen LogP contribution in [0, 0.1) is 0 Å². The van der Waals surface area contributed by atoms with Crippen LogP contribution in [0.1, 0.15) is 39.4 Å². The lowest BCUT2D eigenvalue weighted by Gasteiger charge is -2.13. The van der Waals surface area contributed by atoms with Crippen LogP contribution >= 0.6 is 0 Å². The number of aromatic nitrogens is 2. The number of carbonyl (C=O) groups is 2. The van der Waals surface area contributed by atoms with E-state index in [1.165, 1.54) is 0 Å². The Balaban J connectivity index is 1.20. The second-order valence-electron chi connectivity index (χ2n) is 9.93. The van der Waals surface area contributed by atoms with Gasteiger partial charge in [0, 0.05) is 35.2 Å². The lowest BCUT2D eigenvalue weighted by Crippen LogP contribution is -2.21. The van der Waals surface area contributed by atoms with Crippen molar-refractivity contribution in [2.75, 3.05) is 31.9 Å². The van der Waals surface area contributed by atoms with Crippen LogP contribution in [0.2, 0.25) is 0 Å². The Hall–Kier alpha value is -4.53. The molecule has 9 nitrogen and oxygen atoms in total. The molecule has 186 valence electrons. The van der Waals surface area contributed by atoms with Gasteiger partial charge in [-0.25, -0.2) is 0 Å². The quantitative estimate of drug-likeness (QED) is 0.381. The van der Waals surface area contributed by atoms with Crippen LogP contribution in [-0.2, 0) is 16.8 Å². The van der Waals surface area contributed by atoms with Crippen molar-refractivity contribution in [3.8, 4) is 11.5 Å². The Morgan fingerprint density at radius 2 is 1.95 bits per heavy atom. The minimum Gasteiger partial charge on any atom is -0.497 e. The summed E-state index contributed by atoms with van der Waals surface area (Å²) in [5, 5.41) is 15.0. The molecule has 4 aromatic rings. The second kappa shape index (κ2) is 7.49. The molecule has 3 N–H and O–H groups in total. The molecular formula is C28H25N5O4. The average molecular weight is 496 g/mol. The zero-order valence-electron chi connectivity index (χ0n) is 20.6. The van der Waals surface area contributed by atoms with Gasteiger partial charge in [0.25, 0.3) is 5.91 Å². The van der Waals surface area contributed by atoms with Gasteiger partial charge in [0.2, 0.25) is 5.91 Å². The highest BCUT2D eigenvalue weighted by Crippen LogP contribution is 2.65. The van der Waals surface area contributed by atoms with E-state index in [2.05, 4.69) is 33.0 Å². The standard InChI is InChI=1S/C28H25N5O4/c1-33-13-18-16(26(33)34)7-9-22(24(18)37-3)29-25-17-6-4-14(10-23(17)31-32-25)20-12-28(20)19-11-15(36-2)5-8-21(19)30-27(28)35/h4-11,20H,12-13H2,1-3H3,(H,30,35)(H2,29,31,32)/t20-,28-/m0/s1. The third-order valence-corrected chi connectivity index (χ3v) is 8.00. The van der Waals surface area contributed by atoms with Gasteiger partial charge in [0.15, 0.2) is 5.82 Å². The summed E-state index contributed by atoms with van der Waals surface area (Å²) in [6, 6.07) is 15.6. The van der Waals surface area contributed by atoms with E-state index in [1.807, 2.05) is 36.4 Å². The molecule has 9 heteroatoms. The molecule has 3 heterocycles. The number of fused-ring (bicyclic) bond motifs is 4. The van der Waals surface area contributed by atoms with Crippen LogP contribution < -0.4 is 20.1 Å². The van der Waals surface area contributed by atoms with Crippen LogP contribution in [-0.4, -0.2) is 48.2 Å². The molecule has 3 aliphatic rings. The first-order valence-electron chi connectivity index (χ1n) is 12.1. The number of rotatable bonds is 5. The topological polar surface area (TPSA) is 109 Å². The Bertz CT molecular complexity index is 1640. The summed E-state index contributed by atoms with van der Waals surface area (Å²) >= 11 is 0. The van der Waals surface area contributed by atoms with E-state index in [4.69, 9.17) is 9.47 Å². The van der Waals surface area contributed by atoms with Crippen LogP contribution in [0.25, 0.3) is 10.9 Å². The number of carbonyl (C=O) groups excluding carboxylic acids is 2. The first kappa shape index (κ1) is 21.7. The molecule has 1 fully saturated rings. The van der Waals surface area contributed by atoms with E-state index >= 15 is 0 Å². The Kier molecular flexibility index (Phi) is 4.40. The van der Waals surface area contributed by atoms with Crippen LogP contribution in [0.5, 0.6) is 11.5 Å². The molecule has 1 spiro atoms. The highest BCUT2D eigenvalue weighted by atomic mass is 16.5. The molecular weight excluding hydrogens is 470 g/mol. The fourth-order valence-corrected chi connectivity index (χ4v) is 6.01. The molecule has 37 heavy (non-hydrogen) atoms. The highest BCUT2D eigenvalue weighted by molar-refractivity contribution is 6.10. The van der Waals surface area contributed by atoms with Gasteiger partial charge in [0.1, 0.15) is 11.5 Å². The summed E-state index contributed by atoms with van der Waals surface area (Å²) in [6.07, 6.45) is 0.753. The second-order valence-corrected chi connectivity index (χ2v) is 9.93. The van der Waals surface area contributed by atoms with Gasteiger partial charge in [-0.1, -0.05) is 6.07 Å². The Morgan fingerprint density at radius 3 is 2.76 bits per heavy atom. The number of methoxy groups -OCH3 is 2. The monoisotopic (exact) mass is 495 g/mol. The molecule has 2 atom stereocenters. The van der Waals surface area contributed by atoms with Crippen molar-refractivity contribution in [3.05, 3.63) is 70.8 Å². The minimum absolute atomic E-state index is 0.00698. The number of aromatic amines is 1. The van der Waals surface area contributed by atoms with Crippen molar-refractivity contribution >= 4 is 39.9 Å². The minimum atomic E-state index is -0.555. The predicted molar refractivity (Wildman–Crippen MR) is 139 cm³/mol. The predicted octanol–water partition coefficient (Wildman–Crippen LogP) is 4.29. The molecule has 0 bridgehead atoms. The number of anilines is 3. The van der Waals surface area contributed by atoms with Gasteiger partial charge >= 0.3 is 0 Å². The van der Waals surface area contributed by atoms with Crippen LogP contribution in [0.15, 0.2) is 48.5 Å². The molecule has 0 unspecified atom stereocenters. The fraction of sp³-hybridized carbons (Fsp3) is 0.250. The Morgan fingerprint density at radius 1 is 1.08 bits per heavy atom. The zero-order valence-corrected chi connectivity index (χ0v) is 20.6. The summed E-state index contributed by atoms with van der Waals surface area (Å²) in [6.45, 7) is 0.503. The molecule has 7 rings (SSSR count). The molecule has 2 amide bonds. The van der Waals surface area contributed by atoms with Gasteiger partial charge in [-0.15, -0.1) is 0 Å². The molecule has 1 saturated carbocycles. The number of H-pyrrole nitrogens is 1. The first-order chi connectivity index (χ1) is 17.9. The summed E-state index contributed by atoms with van der Waals surface area (Å²) in [5.41, 5.74) is 5.55. The number of nitrogens with one attached hydrogen (secondary N) is 3. The third-order valence-electron chi connectivity index (χ3n) is 8.00. The number of hydrogen-bond donors (Lipinski definition) is 3. The van der Waals surface area contributed by atoms with Crippen molar-refractivity contribution in [1.82, 2.24) is 15.1 Å².